The summed E-state index contributed by atoms with van der Waals surface area (Å²) in [5, 5.41) is 0. The van der Waals surface area contributed by atoms with Gasteiger partial charge in [-0.3, -0.25) is 0 Å². The largest absolute Gasteiger partial charge is 0.493 e. The van der Waals surface area contributed by atoms with Crippen molar-refractivity contribution < 1.29 is 13.8 Å². The highest BCUT2D eigenvalue weighted by Crippen LogP contribution is 2.51. The third-order valence-electron chi connectivity index (χ3n) is 8.11. The summed E-state index contributed by atoms with van der Waals surface area (Å²) in [6.45, 7) is 32.8. The highest BCUT2D eigenvalue weighted by atomic mass is 31.1. The zero-order valence-corrected chi connectivity index (χ0v) is 29.8. The zero-order valence-electron chi connectivity index (χ0n) is 28.8. The van der Waals surface area contributed by atoms with Gasteiger partial charge in [-0.2, -0.15) is 0 Å². The average Bonchev–Trinajstić information content (AvgIpc) is 2.78. The van der Waals surface area contributed by atoms with Gasteiger partial charge in [-0.05, 0) is 51.2 Å². The molecule has 4 heteroatoms. The quantitative estimate of drug-likeness (QED) is 0.240. The summed E-state index contributed by atoms with van der Waals surface area (Å²) in [6, 6.07) is 7.08. The molecule has 0 saturated carbocycles. The fraction of sp³-hybridized carbons (Fsp3) is 0.676. The number of benzene rings is 2. The molecule has 0 bridgehead atoms. The molecule has 0 aromatic heterocycles. The van der Waals surface area contributed by atoms with E-state index >= 15 is 0 Å². The van der Waals surface area contributed by atoms with E-state index in [0.717, 1.165) is 42.6 Å². The summed E-state index contributed by atoms with van der Waals surface area (Å²) in [5.41, 5.74) is 7.29. The van der Waals surface area contributed by atoms with Crippen molar-refractivity contribution in [1.82, 2.24) is 0 Å². The van der Waals surface area contributed by atoms with Crippen LogP contribution in [-0.4, -0.2) is 6.61 Å². The van der Waals surface area contributed by atoms with Crippen LogP contribution in [0.1, 0.15) is 156 Å². The summed E-state index contributed by atoms with van der Waals surface area (Å²) >= 11 is 0. The molecule has 1 heterocycles. The van der Waals surface area contributed by atoms with E-state index in [9.17, 15) is 0 Å². The number of ether oxygens (including phenoxy) is 1. The van der Waals surface area contributed by atoms with E-state index in [0.29, 0.717) is 0 Å². The molecule has 41 heavy (non-hydrogen) atoms. The van der Waals surface area contributed by atoms with E-state index in [1.807, 2.05) is 0 Å². The van der Waals surface area contributed by atoms with Crippen LogP contribution in [0.4, 0.5) is 0 Å². The van der Waals surface area contributed by atoms with Crippen LogP contribution in [0.15, 0.2) is 18.2 Å². The van der Waals surface area contributed by atoms with E-state index in [1.54, 1.807) is 0 Å². The SMILES string of the molecule is CC(C)CCCCCOc1c(C(C)(C)C)cc(C(C)(C)C)c2c1Cc1cc(C(C)(C)C)cc(C(C)(C)C)c1OPO2. The van der Waals surface area contributed by atoms with Crippen molar-refractivity contribution in [2.24, 2.45) is 5.92 Å². The Labute approximate surface area is 254 Å². The van der Waals surface area contributed by atoms with Crippen molar-refractivity contribution >= 4 is 9.03 Å². The van der Waals surface area contributed by atoms with Crippen molar-refractivity contribution in [3.05, 3.63) is 51.6 Å². The van der Waals surface area contributed by atoms with Crippen LogP contribution in [0.5, 0.6) is 17.2 Å². The Balaban J connectivity index is 2.25. The van der Waals surface area contributed by atoms with Crippen LogP contribution in [0.2, 0.25) is 0 Å². The van der Waals surface area contributed by atoms with E-state index in [4.69, 9.17) is 13.8 Å². The van der Waals surface area contributed by atoms with Crippen LogP contribution in [0, 0.1) is 5.92 Å². The topological polar surface area (TPSA) is 27.7 Å². The van der Waals surface area contributed by atoms with Crippen LogP contribution in [-0.2, 0) is 28.1 Å². The van der Waals surface area contributed by atoms with Gasteiger partial charge in [0.25, 0.3) is 9.03 Å². The van der Waals surface area contributed by atoms with Gasteiger partial charge >= 0.3 is 0 Å². The van der Waals surface area contributed by atoms with E-state index in [2.05, 4.69) is 115 Å². The Morgan fingerprint density at radius 2 is 1.24 bits per heavy atom. The monoisotopic (exact) mass is 582 g/mol. The first kappa shape index (κ1) is 33.8. The number of fused-ring (bicyclic) bond motifs is 2. The van der Waals surface area contributed by atoms with Gasteiger partial charge < -0.3 is 13.8 Å². The number of hydrogen-bond donors (Lipinski definition) is 0. The fourth-order valence-electron chi connectivity index (χ4n) is 5.49. The van der Waals surface area contributed by atoms with Crippen LogP contribution in [0.3, 0.4) is 0 Å². The first-order valence-electron chi connectivity index (χ1n) is 15.8. The van der Waals surface area contributed by atoms with Crippen molar-refractivity contribution in [2.75, 3.05) is 6.61 Å². The highest BCUT2D eigenvalue weighted by molar-refractivity contribution is 7.27. The molecule has 3 rings (SSSR count). The summed E-state index contributed by atoms with van der Waals surface area (Å²) in [5.74, 6) is 3.69. The maximum Gasteiger partial charge on any atom is 0.275 e. The first-order valence-corrected chi connectivity index (χ1v) is 16.6. The molecular weight excluding hydrogens is 523 g/mol. The second-order valence-corrected chi connectivity index (χ2v) is 17.3. The van der Waals surface area contributed by atoms with E-state index in [-0.39, 0.29) is 30.7 Å². The van der Waals surface area contributed by atoms with Gasteiger partial charge in [0, 0.05) is 28.7 Å². The molecule has 0 fully saturated rings. The Morgan fingerprint density at radius 3 is 1.78 bits per heavy atom. The second-order valence-electron chi connectivity index (χ2n) is 16.7. The molecule has 0 saturated heterocycles. The molecule has 0 aliphatic carbocycles. The Bertz CT molecular complexity index is 1200. The zero-order chi connectivity index (χ0) is 31.0. The lowest BCUT2D eigenvalue weighted by molar-refractivity contribution is 0.291. The first-order chi connectivity index (χ1) is 18.7. The van der Waals surface area contributed by atoms with Gasteiger partial charge in [-0.15, -0.1) is 0 Å². The maximum absolute atomic E-state index is 6.83. The average molecular weight is 583 g/mol. The molecule has 3 nitrogen and oxygen atoms in total. The Hall–Kier alpha value is -1.73. The lowest BCUT2D eigenvalue weighted by atomic mass is 9.76. The van der Waals surface area contributed by atoms with Crippen molar-refractivity contribution in [2.45, 2.75) is 151 Å². The molecule has 0 spiro atoms. The molecular formula is C37H59O3P. The predicted molar refractivity (Wildman–Crippen MR) is 179 cm³/mol. The molecule has 2 aromatic rings. The molecule has 0 amide bonds. The molecule has 0 N–H and O–H groups in total. The lowest BCUT2D eigenvalue weighted by Crippen LogP contribution is -2.22. The number of unbranched alkanes of at least 4 members (excludes halogenated alkanes) is 2. The standard InChI is InChI=1S/C37H59O3P/c1-24(2)18-16-15-17-19-38-32-27-21-25-20-26(34(3,4)5)22-28(35(6,7)8)31(25)39-41-40-33(27)30(37(12,13)14)23-29(32)36(9,10)11/h20,22-24,41H,15-19,21H2,1-14H3. The summed E-state index contributed by atoms with van der Waals surface area (Å²) in [7, 11) is -0.117. The van der Waals surface area contributed by atoms with Gasteiger partial charge in [-0.25, -0.2) is 0 Å². The fourth-order valence-corrected chi connectivity index (χ4v) is 6.17. The molecule has 1 unspecified atom stereocenters. The van der Waals surface area contributed by atoms with Crippen molar-refractivity contribution in [1.29, 1.82) is 0 Å². The van der Waals surface area contributed by atoms with Gasteiger partial charge in [-0.1, -0.05) is 128 Å². The molecule has 230 valence electrons. The van der Waals surface area contributed by atoms with E-state index in [1.165, 1.54) is 52.6 Å². The van der Waals surface area contributed by atoms with Crippen LogP contribution < -0.4 is 13.8 Å². The summed E-state index contributed by atoms with van der Waals surface area (Å²) in [6.07, 6.45) is 5.52. The minimum Gasteiger partial charge on any atom is -0.493 e. The van der Waals surface area contributed by atoms with Gasteiger partial charge in [0.1, 0.15) is 17.2 Å². The minimum absolute atomic E-state index is 0.0259. The minimum atomic E-state index is -0.117. The molecule has 2 aromatic carbocycles. The lowest BCUT2D eigenvalue weighted by Gasteiger charge is -2.34. The molecule has 1 aliphatic heterocycles. The van der Waals surface area contributed by atoms with E-state index < -0.39 is 0 Å². The third kappa shape index (κ3) is 8.43. The van der Waals surface area contributed by atoms with Gasteiger partial charge in [0.05, 0.1) is 6.61 Å². The Morgan fingerprint density at radius 1 is 0.683 bits per heavy atom. The van der Waals surface area contributed by atoms with Crippen molar-refractivity contribution in [3.63, 3.8) is 0 Å². The van der Waals surface area contributed by atoms with Gasteiger partial charge in [0.2, 0.25) is 0 Å². The summed E-state index contributed by atoms with van der Waals surface area (Å²) < 4.78 is 20.0. The third-order valence-corrected chi connectivity index (χ3v) is 8.68. The molecule has 0 radical (unpaired) electrons. The van der Waals surface area contributed by atoms with Crippen LogP contribution >= 0.6 is 9.03 Å². The number of hydrogen-bond acceptors (Lipinski definition) is 3. The molecule has 1 aliphatic rings. The number of rotatable bonds is 7. The molecule has 1 atom stereocenters. The van der Waals surface area contributed by atoms with Crippen LogP contribution in [0.25, 0.3) is 0 Å². The second kappa shape index (κ2) is 12.5. The predicted octanol–water partition coefficient (Wildman–Crippen LogP) is 11.3. The smallest absolute Gasteiger partial charge is 0.275 e. The summed E-state index contributed by atoms with van der Waals surface area (Å²) in [4.78, 5) is 0. The normalized spacial score (nSPS) is 15.1. The van der Waals surface area contributed by atoms with Crippen molar-refractivity contribution in [3.8, 4) is 17.2 Å². The Kier molecular flexibility index (Phi) is 10.3. The van der Waals surface area contributed by atoms with Gasteiger partial charge in [0.15, 0.2) is 0 Å². The highest BCUT2D eigenvalue weighted by Gasteiger charge is 2.34. The maximum atomic E-state index is 6.83.